The number of aryl methyl sites for hydroxylation is 1. The number of hydrogen-bond donors (Lipinski definition) is 1. The highest BCUT2D eigenvalue weighted by Crippen LogP contribution is 2.34. The number of rotatable bonds is 6. The minimum Gasteiger partial charge on any atom is -0.361 e. The Kier molecular flexibility index (Phi) is 6.18. The molecule has 1 fully saturated rings. The second kappa shape index (κ2) is 8.78. The van der Waals surface area contributed by atoms with Gasteiger partial charge in [-0.25, -0.2) is 18.2 Å². The topological polar surface area (TPSA) is 57.2 Å². The van der Waals surface area contributed by atoms with Gasteiger partial charge in [0.15, 0.2) is 5.82 Å². The molecule has 0 saturated carbocycles. The second-order valence-corrected chi connectivity index (χ2v) is 9.00. The molecule has 4 rings (SSSR count). The number of aromatic nitrogens is 3. The lowest BCUT2D eigenvalue weighted by molar-refractivity contribution is 0.0136. The maximum Gasteiger partial charge on any atom is 0.273 e. The summed E-state index contributed by atoms with van der Waals surface area (Å²) in [5, 5.41) is 13.3. The van der Waals surface area contributed by atoms with E-state index in [1.807, 2.05) is 20.0 Å². The standard InChI is InChI=1S/C24H29F3N6/c1-14(17-7-6-8-20(22(17)25)24(3,26)27)29-23-18-11-21(28-12-19(18)15(2)30-31-23)33(5)16-9-10-32(4)13-16/h6-8,11-12,14,16H,9-10,13H2,1-5H3,(H,29,31)/t14-,16-/m1/s1. The number of pyridine rings is 1. The van der Waals surface area contributed by atoms with Crippen molar-refractivity contribution in [1.82, 2.24) is 20.1 Å². The van der Waals surface area contributed by atoms with Gasteiger partial charge in [0.1, 0.15) is 11.6 Å². The van der Waals surface area contributed by atoms with E-state index in [-0.39, 0.29) is 5.56 Å². The van der Waals surface area contributed by atoms with Crippen molar-refractivity contribution in [1.29, 1.82) is 0 Å². The Morgan fingerprint density at radius 2 is 2.00 bits per heavy atom. The summed E-state index contributed by atoms with van der Waals surface area (Å²) in [6.45, 7) is 6.26. The maximum atomic E-state index is 14.9. The number of alkyl halides is 2. The summed E-state index contributed by atoms with van der Waals surface area (Å²) < 4.78 is 42.5. The third-order valence-corrected chi connectivity index (χ3v) is 6.43. The van der Waals surface area contributed by atoms with Crippen molar-refractivity contribution >= 4 is 22.4 Å². The molecule has 3 aromatic rings. The Hall–Kier alpha value is -2.94. The normalized spacial score (nSPS) is 18.0. The van der Waals surface area contributed by atoms with Gasteiger partial charge in [0.2, 0.25) is 0 Å². The van der Waals surface area contributed by atoms with Crippen molar-refractivity contribution in [3.8, 4) is 0 Å². The van der Waals surface area contributed by atoms with Gasteiger partial charge in [-0.05, 0) is 39.9 Å². The summed E-state index contributed by atoms with van der Waals surface area (Å²) >= 11 is 0. The van der Waals surface area contributed by atoms with E-state index in [9.17, 15) is 13.2 Å². The quantitative estimate of drug-likeness (QED) is 0.567. The average molecular weight is 459 g/mol. The number of anilines is 2. The molecule has 2 atom stereocenters. The predicted octanol–water partition coefficient (Wildman–Crippen LogP) is 4.90. The summed E-state index contributed by atoms with van der Waals surface area (Å²) in [5.74, 6) is -2.92. The van der Waals surface area contributed by atoms with Gasteiger partial charge in [-0.15, -0.1) is 5.10 Å². The van der Waals surface area contributed by atoms with E-state index in [4.69, 9.17) is 0 Å². The number of fused-ring (bicyclic) bond motifs is 1. The number of hydrogen-bond acceptors (Lipinski definition) is 6. The molecule has 3 heterocycles. The lowest BCUT2D eigenvalue weighted by atomic mass is 10.0. The molecular formula is C24H29F3N6. The Morgan fingerprint density at radius 3 is 2.67 bits per heavy atom. The monoisotopic (exact) mass is 458 g/mol. The molecule has 1 aromatic carbocycles. The van der Waals surface area contributed by atoms with Crippen LogP contribution in [0.25, 0.3) is 10.8 Å². The van der Waals surface area contributed by atoms with Crippen molar-refractivity contribution in [3.63, 3.8) is 0 Å². The molecule has 176 valence electrons. The van der Waals surface area contributed by atoms with E-state index in [0.717, 1.165) is 47.9 Å². The fraction of sp³-hybridized carbons (Fsp3) is 0.458. The summed E-state index contributed by atoms with van der Waals surface area (Å²) in [7, 11) is 4.13. The minimum atomic E-state index is -3.27. The van der Waals surface area contributed by atoms with Gasteiger partial charge < -0.3 is 15.1 Å². The highest BCUT2D eigenvalue weighted by Gasteiger charge is 2.30. The molecule has 1 N–H and O–H groups in total. The van der Waals surface area contributed by atoms with E-state index in [2.05, 4.69) is 37.3 Å². The van der Waals surface area contributed by atoms with Crippen LogP contribution in [0.1, 0.15) is 43.1 Å². The van der Waals surface area contributed by atoms with Crippen LogP contribution in [0.4, 0.5) is 24.8 Å². The van der Waals surface area contributed by atoms with Crippen LogP contribution in [-0.2, 0) is 5.92 Å². The third kappa shape index (κ3) is 4.59. The summed E-state index contributed by atoms with van der Waals surface area (Å²) in [6.07, 6.45) is 2.83. The largest absolute Gasteiger partial charge is 0.361 e. The van der Waals surface area contributed by atoms with Crippen LogP contribution in [0, 0.1) is 12.7 Å². The summed E-state index contributed by atoms with van der Waals surface area (Å²) in [5.41, 5.74) is 0.248. The van der Waals surface area contributed by atoms with E-state index in [0.29, 0.717) is 18.8 Å². The minimum absolute atomic E-state index is 0.143. The van der Waals surface area contributed by atoms with Gasteiger partial charge in [-0.1, -0.05) is 18.2 Å². The Balaban J connectivity index is 1.69. The molecule has 0 bridgehead atoms. The van der Waals surface area contributed by atoms with Crippen LogP contribution in [0.2, 0.25) is 0 Å². The molecule has 0 radical (unpaired) electrons. The van der Waals surface area contributed by atoms with Crippen LogP contribution < -0.4 is 10.2 Å². The first-order valence-electron chi connectivity index (χ1n) is 11.0. The van der Waals surface area contributed by atoms with Gasteiger partial charge >= 0.3 is 0 Å². The van der Waals surface area contributed by atoms with Crippen LogP contribution in [0.5, 0.6) is 0 Å². The molecule has 6 nitrogen and oxygen atoms in total. The molecule has 0 amide bonds. The Morgan fingerprint density at radius 1 is 1.24 bits per heavy atom. The third-order valence-electron chi connectivity index (χ3n) is 6.43. The Labute approximate surface area is 191 Å². The van der Waals surface area contributed by atoms with Crippen molar-refractivity contribution < 1.29 is 13.2 Å². The summed E-state index contributed by atoms with van der Waals surface area (Å²) in [4.78, 5) is 9.09. The van der Waals surface area contributed by atoms with Gasteiger partial charge in [0.05, 0.1) is 17.3 Å². The number of likely N-dealkylation sites (N-methyl/N-ethyl adjacent to an activating group) is 2. The number of benzene rings is 1. The second-order valence-electron chi connectivity index (χ2n) is 9.00. The lowest BCUT2D eigenvalue weighted by Crippen LogP contribution is -2.34. The zero-order valence-electron chi connectivity index (χ0n) is 19.5. The molecule has 0 unspecified atom stereocenters. The Bertz CT molecular complexity index is 1160. The SMILES string of the molecule is Cc1nnc(N[C@H](C)c2cccc(C(C)(F)F)c2F)c2cc(N(C)[C@@H]3CCN(C)C3)ncc12. The molecule has 1 saturated heterocycles. The molecular weight excluding hydrogens is 429 g/mol. The van der Waals surface area contributed by atoms with Crippen molar-refractivity contribution in [2.24, 2.45) is 0 Å². The van der Waals surface area contributed by atoms with Crippen LogP contribution in [0.15, 0.2) is 30.5 Å². The highest BCUT2D eigenvalue weighted by molar-refractivity contribution is 5.94. The molecule has 0 aliphatic carbocycles. The fourth-order valence-electron chi connectivity index (χ4n) is 4.38. The number of likely N-dealkylation sites (tertiary alicyclic amines) is 1. The lowest BCUT2D eigenvalue weighted by Gasteiger charge is -2.26. The van der Waals surface area contributed by atoms with Gasteiger partial charge in [0.25, 0.3) is 5.92 Å². The van der Waals surface area contributed by atoms with Crippen molar-refractivity contribution in [3.05, 3.63) is 53.1 Å². The van der Waals surface area contributed by atoms with E-state index in [1.165, 1.54) is 12.1 Å². The van der Waals surface area contributed by atoms with Gasteiger partial charge in [-0.2, -0.15) is 5.10 Å². The van der Waals surface area contributed by atoms with E-state index >= 15 is 0 Å². The zero-order chi connectivity index (χ0) is 23.9. The zero-order valence-corrected chi connectivity index (χ0v) is 19.5. The first-order valence-corrected chi connectivity index (χ1v) is 11.0. The number of halogens is 3. The molecule has 1 aliphatic heterocycles. The molecule has 33 heavy (non-hydrogen) atoms. The van der Waals surface area contributed by atoms with Crippen LogP contribution in [0.3, 0.4) is 0 Å². The fourth-order valence-corrected chi connectivity index (χ4v) is 4.38. The number of nitrogens with zero attached hydrogens (tertiary/aromatic N) is 5. The average Bonchev–Trinajstić information content (AvgIpc) is 3.20. The van der Waals surface area contributed by atoms with Crippen LogP contribution in [-0.4, -0.2) is 53.3 Å². The smallest absolute Gasteiger partial charge is 0.273 e. The molecule has 2 aromatic heterocycles. The van der Waals surface area contributed by atoms with Crippen molar-refractivity contribution in [2.45, 2.75) is 45.2 Å². The highest BCUT2D eigenvalue weighted by atomic mass is 19.3. The van der Waals surface area contributed by atoms with Crippen molar-refractivity contribution in [2.75, 3.05) is 37.4 Å². The first kappa shape index (κ1) is 23.2. The number of nitrogens with one attached hydrogen (secondary N) is 1. The summed E-state index contributed by atoms with van der Waals surface area (Å²) in [6, 6.07) is 5.77. The first-order chi connectivity index (χ1) is 15.6. The molecule has 1 aliphatic rings. The maximum absolute atomic E-state index is 14.9. The van der Waals surface area contributed by atoms with E-state index in [1.54, 1.807) is 13.1 Å². The molecule has 0 spiro atoms. The molecule has 9 heteroatoms. The predicted molar refractivity (Wildman–Crippen MR) is 124 cm³/mol. The van der Waals surface area contributed by atoms with Crippen LogP contribution >= 0.6 is 0 Å². The van der Waals surface area contributed by atoms with Gasteiger partial charge in [0, 0.05) is 49.1 Å². The van der Waals surface area contributed by atoms with E-state index < -0.39 is 23.3 Å². The van der Waals surface area contributed by atoms with Gasteiger partial charge in [-0.3, -0.25) is 0 Å².